The highest BCUT2D eigenvalue weighted by molar-refractivity contribution is 7.19. The SMILES string of the molecule is c1ccc(-c2ncc([Si](c3ccccc3)(c3ccccc3)c3ccc4c(c3)c3ccccc3n4-c3ccccc3)cn2)cc1. The molecule has 2 heterocycles. The zero-order chi connectivity index (χ0) is 29.3. The average molecular weight is 580 g/mol. The van der Waals surface area contributed by atoms with Crippen LogP contribution in [0, 0.1) is 0 Å². The number of nitrogens with zero attached hydrogens (tertiary/aromatic N) is 3. The van der Waals surface area contributed by atoms with E-state index in [1.54, 1.807) is 0 Å². The molecule has 8 aromatic rings. The molecule has 0 amide bonds. The van der Waals surface area contributed by atoms with Crippen LogP contribution < -0.4 is 20.7 Å². The van der Waals surface area contributed by atoms with Crippen LogP contribution in [0.4, 0.5) is 0 Å². The third kappa shape index (κ3) is 4.19. The van der Waals surface area contributed by atoms with E-state index < -0.39 is 8.07 Å². The molecule has 208 valence electrons. The Kier molecular flexibility index (Phi) is 6.47. The van der Waals surface area contributed by atoms with Crippen molar-refractivity contribution in [3.05, 3.63) is 176 Å². The molecule has 0 bridgehead atoms. The Hall–Kier alpha value is -5.58. The molecule has 44 heavy (non-hydrogen) atoms. The molecule has 0 spiro atoms. The first-order valence-electron chi connectivity index (χ1n) is 14.9. The van der Waals surface area contributed by atoms with Crippen LogP contribution in [-0.2, 0) is 0 Å². The van der Waals surface area contributed by atoms with Gasteiger partial charge in [0.15, 0.2) is 13.9 Å². The number of rotatable bonds is 6. The van der Waals surface area contributed by atoms with Crippen molar-refractivity contribution in [2.75, 3.05) is 0 Å². The number of fused-ring (bicyclic) bond motifs is 3. The zero-order valence-corrected chi connectivity index (χ0v) is 25.1. The summed E-state index contributed by atoms with van der Waals surface area (Å²) >= 11 is 0. The fraction of sp³-hybridized carbons (Fsp3) is 0. The van der Waals surface area contributed by atoms with Gasteiger partial charge in [-0.1, -0.05) is 140 Å². The summed E-state index contributed by atoms with van der Waals surface area (Å²) in [5.41, 5.74) is 4.57. The van der Waals surface area contributed by atoms with Crippen molar-refractivity contribution < 1.29 is 0 Å². The molecule has 6 aromatic carbocycles. The van der Waals surface area contributed by atoms with Crippen LogP contribution in [-0.4, -0.2) is 22.6 Å². The van der Waals surface area contributed by atoms with Gasteiger partial charge in [0.1, 0.15) is 0 Å². The zero-order valence-electron chi connectivity index (χ0n) is 24.1. The monoisotopic (exact) mass is 579 g/mol. The lowest BCUT2D eigenvalue weighted by Crippen LogP contribution is -2.74. The number of aromatic nitrogens is 3. The van der Waals surface area contributed by atoms with Crippen molar-refractivity contribution in [2.24, 2.45) is 0 Å². The van der Waals surface area contributed by atoms with E-state index in [1.165, 1.54) is 37.4 Å². The molecular weight excluding hydrogens is 551 g/mol. The Balaban J connectivity index is 1.44. The Morgan fingerprint density at radius 2 is 0.932 bits per heavy atom. The second-order valence-corrected chi connectivity index (χ2v) is 14.9. The first-order valence-corrected chi connectivity index (χ1v) is 16.9. The molecule has 0 atom stereocenters. The third-order valence-electron chi connectivity index (χ3n) is 8.65. The van der Waals surface area contributed by atoms with E-state index >= 15 is 0 Å². The lowest BCUT2D eigenvalue weighted by molar-refractivity contribution is 1.18. The summed E-state index contributed by atoms with van der Waals surface area (Å²) in [4.78, 5) is 9.93. The quantitative estimate of drug-likeness (QED) is 0.164. The van der Waals surface area contributed by atoms with Gasteiger partial charge in [0, 0.05) is 34.4 Å². The Bertz CT molecular complexity index is 2150. The van der Waals surface area contributed by atoms with Crippen molar-refractivity contribution >= 4 is 50.6 Å². The lowest BCUT2D eigenvalue weighted by Gasteiger charge is -2.34. The minimum atomic E-state index is -2.83. The topological polar surface area (TPSA) is 30.7 Å². The highest BCUT2D eigenvalue weighted by Crippen LogP contribution is 2.32. The van der Waals surface area contributed by atoms with Crippen molar-refractivity contribution in [1.82, 2.24) is 14.5 Å². The minimum absolute atomic E-state index is 0.736. The number of benzene rings is 6. The van der Waals surface area contributed by atoms with Gasteiger partial charge in [0.25, 0.3) is 0 Å². The van der Waals surface area contributed by atoms with Crippen LogP contribution >= 0.6 is 0 Å². The second kappa shape index (κ2) is 10.9. The number of hydrogen-bond acceptors (Lipinski definition) is 2. The first kappa shape index (κ1) is 26.1. The summed E-state index contributed by atoms with van der Waals surface area (Å²) in [6, 6.07) is 58.6. The minimum Gasteiger partial charge on any atom is -0.309 e. The fourth-order valence-corrected chi connectivity index (χ4v) is 11.3. The molecule has 2 aromatic heterocycles. The van der Waals surface area contributed by atoms with Crippen molar-refractivity contribution in [2.45, 2.75) is 0 Å². The molecule has 0 saturated carbocycles. The van der Waals surface area contributed by atoms with Gasteiger partial charge >= 0.3 is 0 Å². The summed E-state index contributed by atoms with van der Waals surface area (Å²) in [5, 5.41) is 7.54. The van der Waals surface area contributed by atoms with Gasteiger partial charge in [-0.25, -0.2) is 9.97 Å². The molecule has 0 radical (unpaired) electrons. The Labute approximate surface area is 257 Å². The average Bonchev–Trinajstić information content (AvgIpc) is 3.44. The molecule has 0 aliphatic rings. The standard InChI is InChI=1S/C40H29N3Si/c1-5-15-30(16-6-1)40-41-28-35(29-42-40)44(32-19-9-3-10-20-32,33-21-11-4-12-22-33)34-25-26-39-37(27-34)36-23-13-14-24-38(36)43(39)31-17-7-2-8-18-31/h1-29H. The van der Waals surface area contributed by atoms with Gasteiger partial charge in [0.2, 0.25) is 0 Å². The molecule has 0 aliphatic heterocycles. The second-order valence-electron chi connectivity index (χ2n) is 11.1. The smallest absolute Gasteiger partial charge is 0.183 e. The molecule has 4 heteroatoms. The van der Waals surface area contributed by atoms with Crippen LogP contribution in [0.5, 0.6) is 0 Å². The van der Waals surface area contributed by atoms with E-state index in [1.807, 2.05) is 18.2 Å². The summed E-state index contributed by atoms with van der Waals surface area (Å²) < 4.78 is 2.38. The molecule has 0 unspecified atom stereocenters. The van der Waals surface area contributed by atoms with Crippen molar-refractivity contribution in [1.29, 1.82) is 0 Å². The lowest BCUT2D eigenvalue weighted by atomic mass is 10.1. The van der Waals surface area contributed by atoms with E-state index in [0.717, 1.165) is 22.3 Å². The van der Waals surface area contributed by atoms with Gasteiger partial charge in [-0.15, -0.1) is 0 Å². The third-order valence-corrected chi connectivity index (χ3v) is 13.4. The first-order chi connectivity index (χ1) is 21.8. The van der Waals surface area contributed by atoms with Crippen LogP contribution in [0.2, 0.25) is 0 Å². The Morgan fingerprint density at radius 1 is 0.409 bits per heavy atom. The van der Waals surface area contributed by atoms with E-state index in [-0.39, 0.29) is 0 Å². The highest BCUT2D eigenvalue weighted by atomic mass is 28.3. The largest absolute Gasteiger partial charge is 0.309 e. The normalized spacial score (nSPS) is 11.6. The number of para-hydroxylation sites is 2. The summed E-state index contributed by atoms with van der Waals surface area (Å²) in [7, 11) is -2.83. The predicted molar refractivity (Wildman–Crippen MR) is 185 cm³/mol. The molecule has 3 nitrogen and oxygen atoms in total. The van der Waals surface area contributed by atoms with E-state index in [9.17, 15) is 0 Å². The molecule has 0 N–H and O–H groups in total. The number of hydrogen-bond donors (Lipinski definition) is 0. The van der Waals surface area contributed by atoms with Crippen molar-refractivity contribution in [3.8, 4) is 17.1 Å². The van der Waals surface area contributed by atoms with E-state index in [2.05, 4.69) is 163 Å². The highest BCUT2D eigenvalue weighted by Gasteiger charge is 2.42. The van der Waals surface area contributed by atoms with Crippen LogP contribution in [0.3, 0.4) is 0 Å². The summed E-state index contributed by atoms with van der Waals surface area (Å²) in [6.45, 7) is 0. The summed E-state index contributed by atoms with van der Waals surface area (Å²) in [5.74, 6) is 0.736. The van der Waals surface area contributed by atoms with Gasteiger partial charge in [0.05, 0.1) is 11.0 Å². The van der Waals surface area contributed by atoms with Gasteiger partial charge < -0.3 is 4.57 Å². The van der Waals surface area contributed by atoms with Gasteiger partial charge in [-0.05, 0) is 45.0 Å². The molecule has 0 saturated heterocycles. The maximum absolute atomic E-state index is 4.97. The van der Waals surface area contributed by atoms with Crippen LogP contribution in [0.1, 0.15) is 0 Å². The van der Waals surface area contributed by atoms with E-state index in [4.69, 9.17) is 9.97 Å². The van der Waals surface area contributed by atoms with Crippen LogP contribution in [0.15, 0.2) is 176 Å². The van der Waals surface area contributed by atoms with E-state index in [0.29, 0.717) is 0 Å². The van der Waals surface area contributed by atoms with Gasteiger partial charge in [-0.2, -0.15) is 0 Å². The predicted octanol–water partition coefficient (Wildman–Crippen LogP) is 6.62. The molecule has 0 aliphatic carbocycles. The molecular formula is C40H29N3Si. The molecule has 0 fully saturated rings. The maximum atomic E-state index is 4.97. The van der Waals surface area contributed by atoms with Crippen molar-refractivity contribution in [3.63, 3.8) is 0 Å². The summed E-state index contributed by atoms with van der Waals surface area (Å²) in [6.07, 6.45) is 4.14. The molecule has 8 rings (SSSR count). The fourth-order valence-electron chi connectivity index (χ4n) is 6.70. The van der Waals surface area contributed by atoms with Gasteiger partial charge in [-0.3, -0.25) is 0 Å². The van der Waals surface area contributed by atoms with Crippen LogP contribution in [0.25, 0.3) is 38.9 Å². The Morgan fingerprint density at radius 3 is 1.57 bits per heavy atom. The maximum Gasteiger partial charge on any atom is 0.183 e.